The Morgan fingerprint density at radius 3 is 2.50 bits per heavy atom. The molecular formula is C25H27ClN2O6. The molecule has 1 unspecified atom stereocenters. The number of likely N-dealkylation sites (N-methyl/N-ethyl adjacent to an activating group) is 1. The van der Waals surface area contributed by atoms with Gasteiger partial charge in [0.2, 0.25) is 0 Å². The maximum atomic E-state index is 13.1. The number of ether oxygens (including phenoxy) is 2. The lowest BCUT2D eigenvalue weighted by Crippen LogP contribution is -2.55. The maximum Gasteiger partial charge on any atom is 0.325 e. The van der Waals surface area contributed by atoms with E-state index in [-0.39, 0.29) is 11.3 Å². The number of hydrogen-bond donors (Lipinski definition) is 1. The van der Waals surface area contributed by atoms with E-state index < -0.39 is 36.5 Å². The summed E-state index contributed by atoms with van der Waals surface area (Å²) in [6, 6.07) is 13.5. The first-order valence-electron chi connectivity index (χ1n) is 10.9. The highest BCUT2D eigenvalue weighted by Crippen LogP contribution is 2.42. The zero-order valence-electron chi connectivity index (χ0n) is 19.1. The largest absolute Gasteiger partial charge is 0.496 e. The van der Waals surface area contributed by atoms with Gasteiger partial charge in [0.25, 0.3) is 11.8 Å². The van der Waals surface area contributed by atoms with E-state index >= 15 is 0 Å². The Morgan fingerprint density at radius 2 is 1.79 bits per heavy atom. The first-order valence-corrected chi connectivity index (χ1v) is 11.3. The fraction of sp³-hybridized carbons (Fsp3) is 0.360. The summed E-state index contributed by atoms with van der Waals surface area (Å²) in [5.74, 6) is -1.57. The summed E-state index contributed by atoms with van der Waals surface area (Å²) >= 11 is 6.41. The number of para-hydroxylation sites is 1. The highest BCUT2D eigenvalue weighted by Gasteiger charge is 2.48. The van der Waals surface area contributed by atoms with E-state index in [4.69, 9.17) is 21.1 Å². The van der Waals surface area contributed by atoms with Crippen LogP contribution in [0, 0.1) is 0 Å². The first kappa shape index (κ1) is 25.2. The third-order valence-electron chi connectivity index (χ3n) is 6.02. The van der Waals surface area contributed by atoms with Gasteiger partial charge in [-0.1, -0.05) is 41.9 Å². The van der Waals surface area contributed by atoms with Crippen molar-refractivity contribution < 1.29 is 28.7 Å². The Hall–Kier alpha value is -3.39. The molecule has 2 amide bonds. The van der Waals surface area contributed by atoms with Gasteiger partial charge in [0.1, 0.15) is 17.8 Å². The predicted octanol–water partition coefficient (Wildman–Crippen LogP) is 3.12. The van der Waals surface area contributed by atoms with Gasteiger partial charge in [-0.15, -0.1) is 0 Å². The van der Waals surface area contributed by atoms with Gasteiger partial charge in [-0.2, -0.15) is 0 Å². The Morgan fingerprint density at radius 1 is 1.09 bits per heavy atom. The molecule has 0 aromatic heterocycles. The molecular weight excluding hydrogens is 460 g/mol. The molecule has 0 saturated heterocycles. The third kappa shape index (κ3) is 5.22. The van der Waals surface area contributed by atoms with E-state index in [9.17, 15) is 19.2 Å². The van der Waals surface area contributed by atoms with Gasteiger partial charge in [-0.05, 0) is 37.5 Å². The van der Waals surface area contributed by atoms with Gasteiger partial charge in [-0.25, -0.2) is 0 Å². The standard InChI is InChI=1S/C25H27ClN2O6/c1-28(25(14-8-7-13-21(25)29)18-10-4-5-11-19(18)26)22(30)16-34-23(31)15-27-24(32)17-9-3-6-12-20(17)33-2/h3-6,9-12H,7-8,13-16H2,1-2H3,(H,27,32). The first-order chi connectivity index (χ1) is 16.3. The average Bonchev–Trinajstić information content (AvgIpc) is 2.86. The molecule has 2 aromatic carbocycles. The van der Waals surface area contributed by atoms with Crippen molar-refractivity contribution in [1.29, 1.82) is 0 Å². The molecule has 1 atom stereocenters. The molecule has 8 nitrogen and oxygen atoms in total. The molecule has 0 radical (unpaired) electrons. The summed E-state index contributed by atoms with van der Waals surface area (Å²) in [4.78, 5) is 51.9. The third-order valence-corrected chi connectivity index (χ3v) is 6.35. The second-order valence-corrected chi connectivity index (χ2v) is 8.37. The van der Waals surface area contributed by atoms with Crippen LogP contribution in [0.1, 0.15) is 41.6 Å². The number of methoxy groups -OCH3 is 1. The molecule has 3 rings (SSSR count). The Bertz CT molecular complexity index is 1090. The number of benzene rings is 2. The Kier molecular flexibility index (Phi) is 8.28. The summed E-state index contributed by atoms with van der Waals surface area (Å²) in [6.45, 7) is -0.998. The van der Waals surface area contributed by atoms with Gasteiger partial charge in [0.15, 0.2) is 12.4 Å². The molecule has 1 aliphatic carbocycles. The van der Waals surface area contributed by atoms with Gasteiger partial charge in [0.05, 0.1) is 12.7 Å². The van der Waals surface area contributed by atoms with Crippen molar-refractivity contribution in [2.75, 3.05) is 27.3 Å². The molecule has 0 spiro atoms. The number of ketones is 1. The highest BCUT2D eigenvalue weighted by atomic mass is 35.5. The minimum absolute atomic E-state index is 0.0990. The van der Waals surface area contributed by atoms with Crippen LogP contribution >= 0.6 is 11.6 Å². The van der Waals surface area contributed by atoms with Crippen LogP contribution in [0.2, 0.25) is 5.02 Å². The number of rotatable bonds is 8. The van der Waals surface area contributed by atoms with Gasteiger partial charge >= 0.3 is 5.97 Å². The molecule has 180 valence electrons. The number of Topliss-reactive ketones (excluding diaryl/α,β-unsaturated/α-hetero) is 1. The quantitative estimate of drug-likeness (QED) is 0.575. The van der Waals surface area contributed by atoms with Gasteiger partial charge in [0, 0.05) is 24.1 Å². The summed E-state index contributed by atoms with van der Waals surface area (Å²) in [5, 5.41) is 2.84. The molecule has 1 saturated carbocycles. The number of halogens is 1. The van der Waals surface area contributed by atoms with Crippen molar-refractivity contribution in [3.05, 3.63) is 64.7 Å². The van der Waals surface area contributed by atoms with E-state index in [2.05, 4.69) is 5.32 Å². The van der Waals surface area contributed by atoms with Crippen molar-refractivity contribution in [1.82, 2.24) is 10.2 Å². The lowest BCUT2D eigenvalue weighted by atomic mass is 9.74. The van der Waals surface area contributed by atoms with Gasteiger partial charge < -0.3 is 19.7 Å². The van der Waals surface area contributed by atoms with Crippen molar-refractivity contribution in [2.24, 2.45) is 0 Å². The minimum atomic E-state index is -1.21. The highest BCUT2D eigenvalue weighted by molar-refractivity contribution is 6.31. The molecule has 1 fully saturated rings. The topological polar surface area (TPSA) is 102 Å². The molecule has 34 heavy (non-hydrogen) atoms. The molecule has 9 heteroatoms. The number of hydrogen-bond acceptors (Lipinski definition) is 6. The SMILES string of the molecule is COc1ccccc1C(=O)NCC(=O)OCC(=O)N(C)C1(c2ccccc2Cl)CCCCC1=O. The molecule has 1 aliphatic rings. The zero-order valence-corrected chi connectivity index (χ0v) is 19.9. The number of amides is 2. The molecule has 0 bridgehead atoms. The minimum Gasteiger partial charge on any atom is -0.496 e. The van der Waals surface area contributed by atoms with Crippen LogP contribution < -0.4 is 10.1 Å². The summed E-state index contributed by atoms with van der Waals surface area (Å²) < 4.78 is 10.2. The smallest absolute Gasteiger partial charge is 0.325 e. The van der Waals surface area contributed by atoms with E-state index in [1.54, 1.807) is 48.5 Å². The molecule has 2 aromatic rings. The van der Waals surface area contributed by atoms with Crippen molar-refractivity contribution in [3.63, 3.8) is 0 Å². The average molecular weight is 487 g/mol. The van der Waals surface area contributed by atoms with Gasteiger partial charge in [-0.3, -0.25) is 19.2 Å². The molecule has 1 N–H and O–H groups in total. The van der Waals surface area contributed by atoms with Crippen LogP contribution in [-0.2, 0) is 24.7 Å². The monoisotopic (exact) mass is 486 g/mol. The van der Waals surface area contributed by atoms with Crippen molar-refractivity contribution >= 4 is 35.2 Å². The van der Waals surface area contributed by atoms with Crippen LogP contribution in [0.25, 0.3) is 0 Å². The summed E-state index contributed by atoms with van der Waals surface area (Å²) in [6.07, 6.45) is 2.26. The van der Waals surface area contributed by atoms with Crippen LogP contribution in [-0.4, -0.2) is 55.8 Å². The Balaban J connectivity index is 1.64. The maximum absolute atomic E-state index is 13.1. The fourth-order valence-electron chi connectivity index (χ4n) is 4.21. The van der Waals surface area contributed by atoms with Crippen molar-refractivity contribution in [3.8, 4) is 5.75 Å². The van der Waals surface area contributed by atoms with Crippen LogP contribution in [0.4, 0.5) is 0 Å². The lowest BCUT2D eigenvalue weighted by Gasteiger charge is -2.43. The summed E-state index contributed by atoms with van der Waals surface area (Å²) in [5.41, 5.74) is -0.378. The molecule has 0 heterocycles. The Labute approximate surface area is 203 Å². The fourth-order valence-corrected chi connectivity index (χ4v) is 4.50. The number of nitrogens with zero attached hydrogens (tertiary/aromatic N) is 1. The second kappa shape index (κ2) is 11.2. The van der Waals surface area contributed by atoms with Crippen molar-refractivity contribution in [2.45, 2.75) is 31.2 Å². The van der Waals surface area contributed by atoms with Crippen LogP contribution in [0.3, 0.4) is 0 Å². The normalized spacial score (nSPS) is 17.6. The molecule has 0 aliphatic heterocycles. The number of esters is 1. The van der Waals surface area contributed by atoms with Crippen LogP contribution in [0.15, 0.2) is 48.5 Å². The second-order valence-electron chi connectivity index (χ2n) is 7.97. The van der Waals surface area contributed by atoms with E-state index in [1.165, 1.54) is 19.1 Å². The zero-order chi connectivity index (χ0) is 24.7. The van der Waals surface area contributed by atoms with E-state index in [0.29, 0.717) is 29.2 Å². The lowest BCUT2D eigenvalue weighted by molar-refractivity contribution is -0.157. The predicted molar refractivity (Wildman–Crippen MR) is 126 cm³/mol. The number of carbonyl (C=O) groups is 4. The van der Waals surface area contributed by atoms with E-state index in [0.717, 1.165) is 12.8 Å². The number of carbonyl (C=O) groups excluding carboxylic acids is 4. The number of nitrogens with one attached hydrogen (secondary N) is 1. The summed E-state index contributed by atoms with van der Waals surface area (Å²) in [7, 11) is 2.96. The van der Waals surface area contributed by atoms with Crippen LogP contribution in [0.5, 0.6) is 5.75 Å². The van der Waals surface area contributed by atoms with E-state index in [1.807, 2.05) is 0 Å².